The summed E-state index contributed by atoms with van der Waals surface area (Å²) in [6.45, 7) is 0.653. The fourth-order valence-corrected chi connectivity index (χ4v) is 4.22. The molecule has 0 spiro atoms. The zero-order chi connectivity index (χ0) is 20.6. The number of aromatic nitrogens is 1. The minimum absolute atomic E-state index is 0.175. The number of nitrogens with zero attached hydrogens (tertiary/aromatic N) is 2. The summed E-state index contributed by atoms with van der Waals surface area (Å²) in [6.07, 6.45) is 1.76. The van der Waals surface area contributed by atoms with E-state index in [4.69, 9.17) is 15.2 Å². The molecule has 0 aliphatic carbocycles. The summed E-state index contributed by atoms with van der Waals surface area (Å²) < 4.78 is 13.4. The third kappa shape index (κ3) is 3.48. The first-order valence-electron chi connectivity index (χ1n) is 8.59. The predicted molar refractivity (Wildman–Crippen MR) is 112 cm³/mol. The number of nitrogens with two attached hydrogens (primary N) is 1. The number of amides is 1. The van der Waals surface area contributed by atoms with Crippen molar-refractivity contribution in [3.05, 3.63) is 45.2 Å². The third-order valence-electron chi connectivity index (χ3n) is 4.49. The van der Waals surface area contributed by atoms with Gasteiger partial charge in [-0.2, -0.15) is 0 Å². The van der Waals surface area contributed by atoms with Crippen LogP contribution in [0.2, 0.25) is 0 Å². The largest absolute Gasteiger partial charge is 0.496 e. The quantitative estimate of drug-likeness (QED) is 0.686. The zero-order valence-corrected chi connectivity index (χ0v) is 17.3. The monoisotopic (exact) mass is 401 g/mol. The molecule has 2 aromatic heterocycles. The lowest BCUT2D eigenvalue weighted by molar-refractivity contribution is 0.100. The summed E-state index contributed by atoms with van der Waals surface area (Å²) in [4.78, 5) is 26.6. The average molecular weight is 401 g/mol. The molecule has 1 amide bonds. The van der Waals surface area contributed by atoms with E-state index in [1.807, 2.05) is 31.1 Å². The van der Waals surface area contributed by atoms with Crippen LogP contribution in [0.1, 0.15) is 15.2 Å². The van der Waals surface area contributed by atoms with Gasteiger partial charge in [0.05, 0.1) is 30.0 Å². The summed E-state index contributed by atoms with van der Waals surface area (Å²) in [6, 6.07) is 5.40. The fraction of sp³-hybridized carbons (Fsp3) is 0.300. The molecule has 0 radical (unpaired) electrons. The van der Waals surface area contributed by atoms with Crippen LogP contribution in [0.25, 0.3) is 21.2 Å². The van der Waals surface area contributed by atoms with Gasteiger partial charge in [-0.05, 0) is 37.9 Å². The first-order chi connectivity index (χ1) is 13.3. The van der Waals surface area contributed by atoms with Crippen LogP contribution in [0.4, 0.5) is 0 Å². The van der Waals surface area contributed by atoms with Crippen molar-refractivity contribution in [2.45, 2.75) is 6.54 Å². The van der Waals surface area contributed by atoms with E-state index in [1.54, 1.807) is 33.5 Å². The Kier molecular flexibility index (Phi) is 5.44. The van der Waals surface area contributed by atoms with Crippen molar-refractivity contribution in [1.82, 2.24) is 9.47 Å². The van der Waals surface area contributed by atoms with Crippen LogP contribution >= 0.6 is 11.3 Å². The number of pyridine rings is 1. The van der Waals surface area contributed by atoms with E-state index in [0.717, 1.165) is 16.7 Å². The van der Waals surface area contributed by atoms with Gasteiger partial charge in [0, 0.05) is 30.1 Å². The number of fused-ring (bicyclic) bond motifs is 1. The first kappa shape index (κ1) is 19.9. The summed E-state index contributed by atoms with van der Waals surface area (Å²) in [5.41, 5.74) is 7.83. The molecule has 0 aliphatic rings. The van der Waals surface area contributed by atoms with E-state index >= 15 is 0 Å². The van der Waals surface area contributed by atoms with Gasteiger partial charge in [0.15, 0.2) is 0 Å². The van der Waals surface area contributed by atoms with Crippen LogP contribution in [0.3, 0.4) is 0 Å². The Hall–Kier alpha value is -2.84. The third-order valence-corrected chi connectivity index (χ3v) is 5.67. The molecule has 2 heterocycles. The van der Waals surface area contributed by atoms with E-state index in [9.17, 15) is 9.59 Å². The lowest BCUT2D eigenvalue weighted by atomic mass is 10.0. The SMILES string of the molecule is COc1cc(-c2cn(C)c(=O)c3cc(C(N)=O)sc23)cc(OC)c1CN(C)C. The first-order valence-corrected chi connectivity index (χ1v) is 9.41. The van der Waals surface area contributed by atoms with Crippen LogP contribution in [0.15, 0.2) is 29.2 Å². The highest BCUT2D eigenvalue weighted by atomic mass is 32.1. The number of hydrogen-bond donors (Lipinski definition) is 1. The number of rotatable bonds is 6. The smallest absolute Gasteiger partial charge is 0.259 e. The number of ether oxygens (including phenoxy) is 2. The van der Waals surface area contributed by atoms with Crippen LogP contribution in [0, 0.1) is 0 Å². The Labute approximate surface area is 166 Å². The topological polar surface area (TPSA) is 86.8 Å². The average Bonchev–Trinajstić information content (AvgIpc) is 3.10. The standard InChI is InChI=1S/C20H23N3O4S/c1-22(2)9-14-15(26-4)6-11(7-16(14)27-5)13-10-23(3)20(25)12-8-17(19(21)24)28-18(12)13/h6-8,10H,9H2,1-5H3,(H2,21,24). The number of thiophene rings is 1. The Morgan fingerprint density at radius 2 is 1.79 bits per heavy atom. The van der Waals surface area contributed by atoms with Crippen LogP contribution in [0.5, 0.6) is 11.5 Å². The molecule has 3 aromatic rings. The summed E-state index contributed by atoms with van der Waals surface area (Å²) in [5.74, 6) is 0.833. The number of carbonyl (C=O) groups excluding carboxylic acids is 1. The predicted octanol–water partition coefficient (Wildman–Crippen LogP) is 2.44. The molecular formula is C20H23N3O4S. The highest BCUT2D eigenvalue weighted by Crippen LogP contribution is 2.39. The second-order valence-corrected chi connectivity index (χ2v) is 7.83. The van der Waals surface area contributed by atoms with E-state index in [0.29, 0.717) is 33.0 Å². The van der Waals surface area contributed by atoms with Crippen molar-refractivity contribution in [2.24, 2.45) is 12.8 Å². The van der Waals surface area contributed by atoms with Gasteiger partial charge in [0.2, 0.25) is 0 Å². The minimum atomic E-state index is -0.550. The molecule has 2 N–H and O–H groups in total. The highest BCUT2D eigenvalue weighted by molar-refractivity contribution is 7.21. The number of primary amides is 1. The minimum Gasteiger partial charge on any atom is -0.496 e. The van der Waals surface area contributed by atoms with Crippen molar-refractivity contribution >= 4 is 27.3 Å². The molecule has 0 atom stereocenters. The van der Waals surface area contributed by atoms with Gasteiger partial charge in [0.1, 0.15) is 11.5 Å². The molecule has 0 unspecified atom stereocenters. The highest BCUT2D eigenvalue weighted by Gasteiger charge is 2.19. The lowest BCUT2D eigenvalue weighted by Gasteiger charge is -2.19. The molecule has 0 saturated carbocycles. The maximum Gasteiger partial charge on any atom is 0.259 e. The van der Waals surface area contributed by atoms with E-state index in [-0.39, 0.29) is 5.56 Å². The van der Waals surface area contributed by atoms with Gasteiger partial charge >= 0.3 is 0 Å². The molecule has 3 rings (SSSR count). The molecule has 1 aromatic carbocycles. The maximum absolute atomic E-state index is 12.5. The van der Waals surface area contributed by atoms with E-state index in [2.05, 4.69) is 0 Å². The van der Waals surface area contributed by atoms with Crippen LogP contribution in [-0.4, -0.2) is 43.7 Å². The fourth-order valence-electron chi connectivity index (χ4n) is 3.19. The van der Waals surface area contributed by atoms with Gasteiger partial charge < -0.3 is 24.7 Å². The Morgan fingerprint density at radius 3 is 2.29 bits per heavy atom. The number of benzene rings is 1. The molecule has 0 bridgehead atoms. The van der Waals surface area contributed by atoms with Crippen molar-refractivity contribution in [2.75, 3.05) is 28.3 Å². The summed E-state index contributed by atoms with van der Waals surface area (Å²) >= 11 is 1.21. The number of carbonyl (C=O) groups is 1. The van der Waals surface area contributed by atoms with Gasteiger partial charge in [-0.25, -0.2) is 0 Å². The molecule has 7 nitrogen and oxygen atoms in total. The second-order valence-electron chi connectivity index (χ2n) is 6.77. The molecule has 0 fully saturated rings. The van der Waals surface area contributed by atoms with Crippen molar-refractivity contribution in [3.8, 4) is 22.6 Å². The summed E-state index contributed by atoms with van der Waals surface area (Å²) in [7, 11) is 8.86. The van der Waals surface area contributed by atoms with E-state index < -0.39 is 5.91 Å². The van der Waals surface area contributed by atoms with Crippen molar-refractivity contribution in [1.29, 1.82) is 0 Å². The molecule has 0 saturated heterocycles. The molecule has 8 heteroatoms. The lowest BCUT2D eigenvalue weighted by Crippen LogP contribution is -2.16. The van der Waals surface area contributed by atoms with Gasteiger partial charge in [-0.1, -0.05) is 0 Å². The van der Waals surface area contributed by atoms with Gasteiger partial charge in [-0.3, -0.25) is 9.59 Å². The van der Waals surface area contributed by atoms with Crippen molar-refractivity contribution < 1.29 is 14.3 Å². The zero-order valence-electron chi connectivity index (χ0n) is 16.5. The number of methoxy groups -OCH3 is 2. The molecular weight excluding hydrogens is 378 g/mol. The molecule has 148 valence electrons. The van der Waals surface area contributed by atoms with E-state index in [1.165, 1.54) is 15.9 Å². The Morgan fingerprint density at radius 1 is 1.18 bits per heavy atom. The van der Waals surface area contributed by atoms with Gasteiger partial charge in [-0.15, -0.1) is 11.3 Å². The van der Waals surface area contributed by atoms with Crippen molar-refractivity contribution in [3.63, 3.8) is 0 Å². The number of hydrogen-bond acceptors (Lipinski definition) is 6. The molecule has 0 aliphatic heterocycles. The number of aryl methyl sites for hydroxylation is 1. The Bertz CT molecular complexity index is 1090. The molecule has 28 heavy (non-hydrogen) atoms. The second kappa shape index (κ2) is 7.65. The normalized spacial score (nSPS) is 11.2. The summed E-state index contributed by atoms with van der Waals surface area (Å²) in [5, 5.41) is 0.467. The van der Waals surface area contributed by atoms with Gasteiger partial charge in [0.25, 0.3) is 11.5 Å². The Balaban J connectivity index is 2.31. The maximum atomic E-state index is 12.5. The van der Waals surface area contributed by atoms with Crippen LogP contribution in [-0.2, 0) is 13.6 Å². The van der Waals surface area contributed by atoms with Crippen LogP contribution < -0.4 is 20.8 Å².